The van der Waals surface area contributed by atoms with E-state index in [1.807, 2.05) is 0 Å². The van der Waals surface area contributed by atoms with Crippen molar-refractivity contribution in [2.45, 2.75) is 119 Å². The molecule has 0 saturated carbocycles. The molecule has 0 nitrogen and oxygen atoms in total. The first-order valence-electron chi connectivity index (χ1n) is 10.8. The van der Waals surface area contributed by atoms with Crippen molar-refractivity contribution in [1.29, 1.82) is 0 Å². The van der Waals surface area contributed by atoms with Crippen LogP contribution in [0.4, 0.5) is 0 Å². The van der Waals surface area contributed by atoms with Crippen LogP contribution in [-0.2, 0) is 0 Å². The van der Waals surface area contributed by atoms with Crippen LogP contribution in [0.3, 0.4) is 0 Å². The van der Waals surface area contributed by atoms with Crippen LogP contribution in [0.5, 0.6) is 0 Å². The molecule has 0 spiro atoms. The third-order valence-electron chi connectivity index (χ3n) is 5.86. The third-order valence-corrected chi connectivity index (χ3v) is 70.7. The van der Waals surface area contributed by atoms with Gasteiger partial charge in [0.15, 0.2) is 0 Å². The Labute approximate surface area is 198 Å². The Kier molecular flexibility index (Phi) is 8.91. The summed E-state index contributed by atoms with van der Waals surface area (Å²) < 4.78 is 1.46. The van der Waals surface area contributed by atoms with E-state index in [9.17, 15) is 0 Å². The van der Waals surface area contributed by atoms with E-state index in [4.69, 9.17) is 0 Å². The van der Waals surface area contributed by atoms with Crippen LogP contribution in [-0.4, -0.2) is 48.4 Å². The van der Waals surface area contributed by atoms with Crippen LogP contribution in [0.15, 0.2) is 0 Å². The Hall–Kier alpha value is 2.54. The average molecular weight is 638 g/mol. The summed E-state index contributed by atoms with van der Waals surface area (Å²) in [5, 5.41) is 0. The standard InChI is InChI=1S/2C10H27Si3.Lu/c2*1-11(2,3)10(12(4,5)6)13(7,8)9;/h2*1-9H3;. The van der Waals surface area contributed by atoms with Crippen molar-refractivity contribution >= 4 is 48.4 Å². The fourth-order valence-electron chi connectivity index (χ4n) is 7.48. The Morgan fingerprint density at radius 1 is 0.296 bits per heavy atom. The molecular formula is C20H54LuSi6. The molecule has 7 heteroatoms. The Morgan fingerprint density at radius 3 is 0.481 bits per heavy atom. The van der Waals surface area contributed by atoms with Gasteiger partial charge in [-0.1, -0.05) is 0 Å². The molecule has 0 aromatic rings. The van der Waals surface area contributed by atoms with Crippen molar-refractivity contribution in [2.75, 3.05) is 0 Å². The quantitative estimate of drug-likeness (QED) is 0.234. The minimum absolute atomic E-state index is 0.730. The average Bonchev–Trinajstić information content (AvgIpc) is 2.16. The molecule has 0 heterocycles. The van der Waals surface area contributed by atoms with Gasteiger partial charge in [0.2, 0.25) is 0 Å². The van der Waals surface area contributed by atoms with Crippen LogP contribution in [0, 0.1) is 33.0 Å². The molecule has 0 saturated heterocycles. The van der Waals surface area contributed by atoms with E-state index < -0.39 is 48.4 Å². The van der Waals surface area contributed by atoms with E-state index in [1.54, 1.807) is 0 Å². The van der Waals surface area contributed by atoms with Crippen LogP contribution >= 0.6 is 0 Å². The number of hydrogen-bond acceptors (Lipinski definition) is 0. The van der Waals surface area contributed by atoms with Crippen LogP contribution in [0.25, 0.3) is 0 Å². The molecule has 0 radical (unpaired) electrons. The van der Waals surface area contributed by atoms with Crippen molar-refractivity contribution < 1.29 is 33.0 Å². The van der Waals surface area contributed by atoms with Crippen molar-refractivity contribution in [3.05, 3.63) is 0 Å². The molecule has 0 aliphatic carbocycles. The first kappa shape index (κ1) is 29.5. The molecule has 0 fully saturated rings. The second-order valence-electron chi connectivity index (χ2n) is 14.7. The summed E-state index contributed by atoms with van der Waals surface area (Å²) in [7, 11) is -8.07. The molecule has 0 aliphatic heterocycles. The Balaban J connectivity index is 7.45. The van der Waals surface area contributed by atoms with Gasteiger partial charge in [0, 0.05) is 0 Å². The van der Waals surface area contributed by atoms with E-state index in [0.717, 1.165) is 34.1 Å². The zero-order chi connectivity index (χ0) is 22.7. The Bertz CT molecular complexity index is 396. The Morgan fingerprint density at radius 2 is 0.407 bits per heavy atom. The van der Waals surface area contributed by atoms with E-state index in [1.165, 1.54) is 0 Å². The van der Waals surface area contributed by atoms with Gasteiger partial charge in [-0.25, -0.2) is 0 Å². The van der Waals surface area contributed by atoms with Gasteiger partial charge in [-0.2, -0.15) is 0 Å². The minimum atomic E-state index is -1.35. The summed E-state index contributed by atoms with van der Waals surface area (Å²) in [5.41, 5.74) is 0. The van der Waals surface area contributed by atoms with Gasteiger partial charge < -0.3 is 0 Å². The summed E-state index contributed by atoms with van der Waals surface area (Å²) >= 11 is 1.05. The molecule has 0 aromatic heterocycles. The summed E-state index contributed by atoms with van der Waals surface area (Å²) in [6.07, 6.45) is 0. The van der Waals surface area contributed by atoms with Crippen LogP contribution < -0.4 is 0 Å². The maximum atomic E-state index is 2.75. The zero-order valence-corrected chi connectivity index (χ0v) is 29.9. The predicted molar refractivity (Wildman–Crippen MR) is 145 cm³/mol. The van der Waals surface area contributed by atoms with Crippen molar-refractivity contribution in [3.63, 3.8) is 0 Å². The fraction of sp³-hybridized carbons (Fsp3) is 1.00. The molecule has 0 rings (SSSR count). The van der Waals surface area contributed by atoms with Gasteiger partial charge in [-0.15, -0.1) is 0 Å². The summed E-state index contributed by atoms with van der Waals surface area (Å²) in [5.74, 6) is 0. The number of rotatable bonds is 8. The zero-order valence-electron chi connectivity index (χ0n) is 22.3. The molecule has 0 atom stereocenters. The molecular weight excluding hydrogens is 584 g/mol. The predicted octanol–water partition coefficient (Wildman–Crippen LogP) is 8.65. The van der Waals surface area contributed by atoms with Crippen LogP contribution in [0.2, 0.25) is 119 Å². The van der Waals surface area contributed by atoms with Crippen molar-refractivity contribution in [3.8, 4) is 0 Å². The normalized spacial score (nSPS) is 16.8. The molecule has 0 aromatic carbocycles. The SMILES string of the molecule is C[Si](C)(C)[C]([Lu][C]([Si](C)(C)C)([Si](C)(C)C)[Si](C)(C)C)([Si](C)(C)C)[Si](C)(C)C. The molecule has 0 N–H and O–H groups in total. The summed E-state index contributed by atoms with van der Waals surface area (Å²) in [4.78, 5) is 0. The topological polar surface area (TPSA) is 0 Å². The fourth-order valence-corrected chi connectivity index (χ4v) is 83.4. The number of hydrogen-bond donors (Lipinski definition) is 0. The van der Waals surface area contributed by atoms with E-state index in [-0.39, 0.29) is 0 Å². The molecule has 0 unspecified atom stereocenters. The third kappa shape index (κ3) is 5.14. The van der Waals surface area contributed by atoms with Crippen LogP contribution in [0.1, 0.15) is 0 Å². The first-order valence-corrected chi connectivity index (χ1v) is 33.4. The molecule has 27 heavy (non-hydrogen) atoms. The molecule has 0 aliphatic rings. The second kappa shape index (κ2) is 8.15. The summed E-state index contributed by atoms with van der Waals surface area (Å²) in [6, 6.07) is 0. The van der Waals surface area contributed by atoms with Gasteiger partial charge in [0.05, 0.1) is 0 Å². The van der Waals surface area contributed by atoms with Gasteiger partial charge in [0.1, 0.15) is 0 Å². The van der Waals surface area contributed by atoms with E-state index >= 15 is 0 Å². The molecule has 173 valence electrons. The van der Waals surface area contributed by atoms with E-state index in [2.05, 4.69) is 118 Å². The van der Waals surface area contributed by atoms with Gasteiger partial charge >= 0.3 is 200 Å². The first-order chi connectivity index (χ1) is 11.2. The second-order valence-corrected chi connectivity index (χ2v) is 56.3. The van der Waals surface area contributed by atoms with Gasteiger partial charge in [-0.05, 0) is 0 Å². The monoisotopic (exact) mass is 637 g/mol. The molecule has 0 amide bonds. The van der Waals surface area contributed by atoms with Gasteiger partial charge in [-0.3, -0.25) is 0 Å². The van der Waals surface area contributed by atoms with Crippen molar-refractivity contribution in [1.82, 2.24) is 0 Å². The maximum absolute atomic E-state index is 2.75. The molecule has 0 bridgehead atoms. The van der Waals surface area contributed by atoms with Crippen molar-refractivity contribution in [2.24, 2.45) is 0 Å². The van der Waals surface area contributed by atoms with E-state index in [0.29, 0.717) is 0 Å². The van der Waals surface area contributed by atoms with Gasteiger partial charge in [0.25, 0.3) is 0 Å². The summed E-state index contributed by atoms with van der Waals surface area (Å²) in [6.45, 7) is 49.6.